The molecule has 0 heterocycles. The van der Waals surface area contributed by atoms with Gasteiger partial charge in [0.05, 0.1) is 10.6 Å². The molecule has 0 spiro atoms. The van der Waals surface area contributed by atoms with Crippen LogP contribution in [0.25, 0.3) is 10.8 Å². The van der Waals surface area contributed by atoms with Crippen LogP contribution in [0.5, 0.6) is 0 Å². The summed E-state index contributed by atoms with van der Waals surface area (Å²) in [5, 5.41) is 5.64. The average Bonchev–Trinajstić information content (AvgIpc) is 2.82. The third-order valence-corrected chi connectivity index (χ3v) is 7.28. The third kappa shape index (κ3) is 4.61. The van der Waals surface area contributed by atoms with Crippen LogP contribution >= 0.6 is 11.6 Å². The molecule has 5 nitrogen and oxygen atoms in total. The molecule has 0 aliphatic rings. The SMILES string of the molecule is CN(c1ccc(C(=O)NCc2ccc3ccccc3c2)cc1)S(=O)(=O)c1ccc(Cl)cc1. The van der Waals surface area contributed by atoms with Gasteiger partial charge < -0.3 is 5.32 Å². The largest absolute Gasteiger partial charge is 0.348 e. The van der Waals surface area contributed by atoms with Gasteiger partial charge in [0, 0.05) is 24.2 Å². The number of rotatable bonds is 6. The number of halogens is 1. The maximum absolute atomic E-state index is 12.8. The van der Waals surface area contributed by atoms with Crippen molar-refractivity contribution in [3.63, 3.8) is 0 Å². The Kier molecular flexibility index (Phi) is 6.17. The molecule has 32 heavy (non-hydrogen) atoms. The molecule has 0 aromatic heterocycles. The molecule has 0 fully saturated rings. The summed E-state index contributed by atoms with van der Waals surface area (Å²) in [5.41, 5.74) is 1.90. The van der Waals surface area contributed by atoms with Gasteiger partial charge in [-0.2, -0.15) is 0 Å². The molecule has 0 radical (unpaired) electrons. The number of anilines is 1. The Balaban J connectivity index is 1.44. The van der Waals surface area contributed by atoms with Crippen molar-refractivity contribution in [2.45, 2.75) is 11.4 Å². The van der Waals surface area contributed by atoms with Crippen LogP contribution in [0.2, 0.25) is 5.02 Å². The zero-order valence-electron chi connectivity index (χ0n) is 17.3. The van der Waals surface area contributed by atoms with Crippen molar-refractivity contribution in [1.29, 1.82) is 0 Å². The molecule has 4 aromatic carbocycles. The van der Waals surface area contributed by atoms with Gasteiger partial charge in [-0.25, -0.2) is 8.42 Å². The van der Waals surface area contributed by atoms with E-state index in [9.17, 15) is 13.2 Å². The molecule has 0 aliphatic carbocycles. The van der Waals surface area contributed by atoms with Gasteiger partial charge in [-0.3, -0.25) is 9.10 Å². The van der Waals surface area contributed by atoms with Crippen LogP contribution in [0.15, 0.2) is 95.9 Å². The summed E-state index contributed by atoms with van der Waals surface area (Å²) in [6, 6.07) is 26.6. The van der Waals surface area contributed by atoms with E-state index < -0.39 is 10.0 Å². The highest BCUT2D eigenvalue weighted by Crippen LogP contribution is 2.23. The molecule has 1 N–H and O–H groups in total. The summed E-state index contributed by atoms with van der Waals surface area (Å²) in [5.74, 6) is -0.229. The van der Waals surface area contributed by atoms with Crippen LogP contribution in [-0.2, 0) is 16.6 Å². The highest BCUT2D eigenvalue weighted by molar-refractivity contribution is 7.92. The Bertz CT molecular complexity index is 1370. The first kappa shape index (κ1) is 21.9. The van der Waals surface area contributed by atoms with Gasteiger partial charge in [0.1, 0.15) is 0 Å². The van der Waals surface area contributed by atoms with Crippen LogP contribution in [0.1, 0.15) is 15.9 Å². The Morgan fingerprint density at radius 3 is 2.22 bits per heavy atom. The quantitative estimate of drug-likeness (QED) is 0.424. The van der Waals surface area contributed by atoms with Crippen molar-refractivity contribution in [2.24, 2.45) is 0 Å². The maximum Gasteiger partial charge on any atom is 0.264 e. The van der Waals surface area contributed by atoms with Crippen LogP contribution in [0, 0.1) is 0 Å². The number of fused-ring (bicyclic) bond motifs is 1. The number of carbonyl (C=O) groups is 1. The smallest absolute Gasteiger partial charge is 0.264 e. The molecular weight excluding hydrogens is 444 g/mol. The van der Waals surface area contributed by atoms with Crippen molar-refractivity contribution in [1.82, 2.24) is 5.32 Å². The first-order valence-electron chi connectivity index (χ1n) is 9.95. The molecular formula is C25H21ClN2O3S. The Morgan fingerprint density at radius 2 is 1.53 bits per heavy atom. The van der Waals surface area contributed by atoms with Gasteiger partial charge >= 0.3 is 0 Å². The van der Waals surface area contributed by atoms with Crippen molar-refractivity contribution in [3.8, 4) is 0 Å². The fourth-order valence-electron chi connectivity index (χ4n) is 3.36. The minimum atomic E-state index is -3.73. The second-order valence-corrected chi connectivity index (χ2v) is 9.74. The van der Waals surface area contributed by atoms with Crippen LogP contribution < -0.4 is 9.62 Å². The normalized spacial score (nSPS) is 11.3. The predicted octanol–water partition coefficient (Wildman–Crippen LogP) is 5.25. The Hall–Kier alpha value is -3.35. The zero-order valence-corrected chi connectivity index (χ0v) is 18.9. The molecule has 1 amide bonds. The summed E-state index contributed by atoms with van der Waals surface area (Å²) in [4.78, 5) is 12.7. The molecule has 0 bridgehead atoms. The monoisotopic (exact) mass is 464 g/mol. The van der Waals surface area contributed by atoms with E-state index in [4.69, 9.17) is 11.6 Å². The lowest BCUT2D eigenvalue weighted by molar-refractivity contribution is 0.0951. The molecule has 0 unspecified atom stereocenters. The summed E-state index contributed by atoms with van der Waals surface area (Å²) in [6.07, 6.45) is 0. The fraction of sp³-hybridized carbons (Fsp3) is 0.0800. The van der Waals surface area contributed by atoms with Gasteiger partial charge in [-0.05, 0) is 70.9 Å². The molecule has 0 aliphatic heterocycles. The van der Waals surface area contributed by atoms with Crippen LogP contribution in [0.4, 0.5) is 5.69 Å². The average molecular weight is 465 g/mol. The van der Waals surface area contributed by atoms with Gasteiger partial charge in [-0.1, -0.05) is 48.0 Å². The van der Waals surface area contributed by atoms with Crippen LogP contribution in [-0.4, -0.2) is 21.4 Å². The second-order valence-electron chi connectivity index (χ2n) is 7.34. The lowest BCUT2D eigenvalue weighted by Gasteiger charge is -2.20. The lowest BCUT2D eigenvalue weighted by atomic mass is 10.1. The standard InChI is InChI=1S/C25H21ClN2O3S/c1-28(32(30,31)24-14-10-22(26)11-15-24)23-12-8-20(9-13-23)25(29)27-17-18-6-7-19-4-2-3-5-21(19)16-18/h2-16H,17H2,1H3,(H,27,29). The van der Waals surface area contributed by atoms with Gasteiger partial charge in [0.25, 0.3) is 15.9 Å². The molecule has 0 saturated heterocycles. The minimum Gasteiger partial charge on any atom is -0.348 e. The van der Waals surface area contributed by atoms with Crippen molar-refractivity contribution in [3.05, 3.63) is 107 Å². The number of hydrogen-bond donors (Lipinski definition) is 1. The fourth-order valence-corrected chi connectivity index (χ4v) is 4.68. The highest BCUT2D eigenvalue weighted by atomic mass is 35.5. The molecule has 0 atom stereocenters. The maximum atomic E-state index is 12.8. The van der Waals surface area contributed by atoms with E-state index in [2.05, 4.69) is 11.4 Å². The van der Waals surface area contributed by atoms with E-state index >= 15 is 0 Å². The molecule has 162 valence electrons. The summed E-state index contributed by atoms with van der Waals surface area (Å²) in [6.45, 7) is 0.399. The van der Waals surface area contributed by atoms with Crippen molar-refractivity contribution >= 4 is 44.0 Å². The first-order chi connectivity index (χ1) is 15.3. The van der Waals surface area contributed by atoms with Crippen LogP contribution in [0.3, 0.4) is 0 Å². The molecule has 0 saturated carbocycles. The number of carbonyl (C=O) groups excluding carboxylic acids is 1. The molecule has 7 heteroatoms. The first-order valence-corrected chi connectivity index (χ1v) is 11.8. The molecule has 4 rings (SSSR count). The number of benzene rings is 4. The molecule has 4 aromatic rings. The summed E-state index contributed by atoms with van der Waals surface area (Å²) in [7, 11) is -2.26. The zero-order chi connectivity index (χ0) is 22.7. The number of amides is 1. The lowest BCUT2D eigenvalue weighted by Crippen LogP contribution is -2.27. The Morgan fingerprint density at radius 1 is 0.875 bits per heavy atom. The Labute approximate surface area is 192 Å². The third-order valence-electron chi connectivity index (χ3n) is 5.23. The van der Waals surface area contributed by atoms with Gasteiger partial charge in [0.15, 0.2) is 0 Å². The minimum absolute atomic E-state index is 0.140. The van der Waals surface area contributed by atoms with E-state index in [0.29, 0.717) is 22.8 Å². The van der Waals surface area contributed by atoms with E-state index in [0.717, 1.165) is 16.3 Å². The van der Waals surface area contributed by atoms with Gasteiger partial charge in [0.2, 0.25) is 0 Å². The van der Waals surface area contributed by atoms with E-state index in [-0.39, 0.29) is 10.8 Å². The number of nitrogens with zero attached hydrogens (tertiary/aromatic N) is 1. The van der Waals surface area contributed by atoms with Crippen molar-refractivity contribution < 1.29 is 13.2 Å². The van der Waals surface area contributed by atoms with Gasteiger partial charge in [-0.15, -0.1) is 0 Å². The predicted molar refractivity (Wildman–Crippen MR) is 129 cm³/mol. The highest BCUT2D eigenvalue weighted by Gasteiger charge is 2.21. The second kappa shape index (κ2) is 9.02. The topological polar surface area (TPSA) is 66.5 Å². The van der Waals surface area contributed by atoms with E-state index in [1.807, 2.05) is 36.4 Å². The summed E-state index contributed by atoms with van der Waals surface area (Å²) < 4.78 is 26.8. The van der Waals surface area contributed by atoms with E-state index in [1.165, 1.54) is 35.6 Å². The number of sulfonamides is 1. The van der Waals surface area contributed by atoms with E-state index in [1.54, 1.807) is 24.3 Å². The number of nitrogens with one attached hydrogen (secondary N) is 1. The number of hydrogen-bond acceptors (Lipinski definition) is 3. The summed E-state index contributed by atoms with van der Waals surface area (Å²) >= 11 is 5.85. The van der Waals surface area contributed by atoms with Crippen molar-refractivity contribution in [2.75, 3.05) is 11.4 Å².